The number of hydrogen-bond donors (Lipinski definition) is 1. The van der Waals surface area contributed by atoms with Crippen molar-refractivity contribution in [3.63, 3.8) is 0 Å². The molecule has 0 radical (unpaired) electrons. The highest BCUT2D eigenvalue weighted by Gasteiger charge is 2.46. The maximum atomic E-state index is 13.1. The van der Waals surface area contributed by atoms with E-state index in [-0.39, 0.29) is 32.7 Å². The van der Waals surface area contributed by atoms with Crippen LogP contribution in [0.2, 0.25) is 10.0 Å². The first-order chi connectivity index (χ1) is 15.8. The van der Waals surface area contributed by atoms with E-state index >= 15 is 0 Å². The Labute approximate surface area is 202 Å². The molecule has 1 saturated heterocycles. The largest absolute Gasteiger partial charge is 0.507 e. The number of rotatable bonds is 8. The van der Waals surface area contributed by atoms with Gasteiger partial charge in [-0.05, 0) is 37.1 Å². The minimum Gasteiger partial charge on any atom is -0.507 e. The molecule has 33 heavy (non-hydrogen) atoms. The third-order valence-electron chi connectivity index (χ3n) is 5.28. The number of aliphatic hydroxyl groups excluding tert-OH is 1. The predicted octanol–water partition coefficient (Wildman–Crippen LogP) is 5.24. The number of Topliss-reactive ketones (excluding diaryl/α,β-unsaturated/α-hetero) is 1. The summed E-state index contributed by atoms with van der Waals surface area (Å²) < 4.78 is 16.2. The zero-order chi connectivity index (χ0) is 24.3. The number of ketones is 1. The summed E-state index contributed by atoms with van der Waals surface area (Å²) in [5.74, 6) is -1.13. The summed E-state index contributed by atoms with van der Waals surface area (Å²) in [5.41, 5.74) is 0.617. The van der Waals surface area contributed by atoms with Crippen LogP contribution in [-0.2, 0) is 9.59 Å². The highest BCUT2D eigenvalue weighted by Crippen LogP contribution is 2.47. The predicted molar refractivity (Wildman–Crippen MR) is 126 cm³/mol. The zero-order valence-electron chi connectivity index (χ0n) is 18.8. The first kappa shape index (κ1) is 24.7. The first-order valence-corrected chi connectivity index (χ1v) is 11.2. The van der Waals surface area contributed by atoms with Crippen LogP contribution < -0.4 is 14.2 Å². The number of aliphatic hydroxyl groups is 1. The van der Waals surface area contributed by atoms with Crippen molar-refractivity contribution in [2.24, 2.45) is 0 Å². The average Bonchev–Trinajstić information content (AvgIpc) is 3.04. The van der Waals surface area contributed by atoms with E-state index in [0.717, 1.165) is 0 Å². The number of amides is 1. The number of methoxy groups -OCH3 is 2. The summed E-state index contributed by atoms with van der Waals surface area (Å²) in [6, 6.07) is 7.65. The molecular weight excluding hydrogens is 469 g/mol. The average molecular weight is 494 g/mol. The highest BCUT2D eigenvalue weighted by atomic mass is 35.5. The minimum absolute atomic E-state index is 0.0340. The van der Waals surface area contributed by atoms with Gasteiger partial charge in [0, 0.05) is 6.54 Å². The third kappa shape index (κ3) is 4.48. The van der Waals surface area contributed by atoms with Crippen molar-refractivity contribution in [2.75, 3.05) is 27.4 Å². The van der Waals surface area contributed by atoms with Crippen molar-refractivity contribution in [1.82, 2.24) is 4.90 Å². The molecule has 2 aromatic carbocycles. The molecule has 1 aliphatic heterocycles. The lowest BCUT2D eigenvalue weighted by Crippen LogP contribution is -2.30. The molecule has 0 saturated carbocycles. The molecule has 3 rings (SSSR count). The molecular formula is C24H25Cl2NO6. The molecule has 1 unspecified atom stereocenters. The Hall–Kier alpha value is -2.90. The highest BCUT2D eigenvalue weighted by molar-refractivity contribution is 6.47. The van der Waals surface area contributed by atoms with Crippen LogP contribution in [0.3, 0.4) is 0 Å². The van der Waals surface area contributed by atoms with Gasteiger partial charge in [-0.25, -0.2) is 0 Å². The zero-order valence-corrected chi connectivity index (χ0v) is 20.3. The summed E-state index contributed by atoms with van der Waals surface area (Å²) in [6.45, 7) is 4.54. The second kappa shape index (κ2) is 10.4. The SMILES string of the molecule is CCCN1C(=O)C(=O)/C(=C(/O)c2cc(Cl)c(OC)c(Cl)c2OC)C1c1cccc(OCC)c1. The van der Waals surface area contributed by atoms with Crippen molar-refractivity contribution in [1.29, 1.82) is 0 Å². The quantitative estimate of drug-likeness (QED) is 0.307. The van der Waals surface area contributed by atoms with Gasteiger partial charge in [0.15, 0.2) is 11.5 Å². The Balaban J connectivity index is 2.29. The summed E-state index contributed by atoms with van der Waals surface area (Å²) in [5, 5.41) is 11.5. The van der Waals surface area contributed by atoms with E-state index in [4.69, 9.17) is 37.4 Å². The lowest BCUT2D eigenvalue weighted by molar-refractivity contribution is -0.139. The molecule has 0 spiro atoms. The number of benzene rings is 2. The number of carbonyl (C=O) groups is 2. The van der Waals surface area contributed by atoms with Crippen LogP contribution >= 0.6 is 23.2 Å². The summed E-state index contributed by atoms with van der Waals surface area (Å²) in [6.07, 6.45) is 0.623. The summed E-state index contributed by atoms with van der Waals surface area (Å²) in [7, 11) is 2.76. The molecule has 1 fully saturated rings. The monoisotopic (exact) mass is 493 g/mol. The summed E-state index contributed by atoms with van der Waals surface area (Å²) >= 11 is 12.7. The topological polar surface area (TPSA) is 85.3 Å². The van der Waals surface area contributed by atoms with Gasteiger partial charge in [0.25, 0.3) is 11.7 Å². The molecule has 0 aromatic heterocycles. The van der Waals surface area contributed by atoms with Crippen LogP contribution in [0.15, 0.2) is 35.9 Å². The molecule has 1 aliphatic rings. The van der Waals surface area contributed by atoms with Crippen molar-refractivity contribution >= 4 is 40.7 Å². The van der Waals surface area contributed by atoms with E-state index in [1.165, 1.54) is 25.2 Å². The lowest BCUT2D eigenvalue weighted by Gasteiger charge is -2.25. The Bertz CT molecular complexity index is 1110. The molecule has 1 atom stereocenters. The van der Waals surface area contributed by atoms with E-state index < -0.39 is 23.5 Å². The van der Waals surface area contributed by atoms with Gasteiger partial charge in [-0.3, -0.25) is 9.59 Å². The molecule has 176 valence electrons. The van der Waals surface area contributed by atoms with Crippen molar-refractivity contribution in [2.45, 2.75) is 26.3 Å². The van der Waals surface area contributed by atoms with Gasteiger partial charge in [-0.1, -0.05) is 42.3 Å². The molecule has 0 bridgehead atoms. The van der Waals surface area contributed by atoms with Gasteiger partial charge in [0.05, 0.1) is 43.0 Å². The van der Waals surface area contributed by atoms with E-state index in [9.17, 15) is 14.7 Å². The van der Waals surface area contributed by atoms with E-state index in [1.807, 2.05) is 13.8 Å². The standard InChI is InChI=1S/C24H25Cl2NO6/c1-5-10-27-19(13-8-7-9-14(11-13)33-6-2)17(21(29)24(27)30)20(28)15-12-16(25)23(32-4)18(26)22(15)31-3/h7-9,11-12,19,28H,5-6,10H2,1-4H3/b20-17+. The fourth-order valence-electron chi connectivity index (χ4n) is 3.93. The lowest BCUT2D eigenvalue weighted by atomic mass is 9.94. The smallest absolute Gasteiger partial charge is 0.295 e. The van der Waals surface area contributed by atoms with Crippen LogP contribution in [0, 0.1) is 0 Å². The molecule has 1 N–H and O–H groups in total. The Morgan fingerprint density at radius 3 is 2.39 bits per heavy atom. The maximum absolute atomic E-state index is 13.1. The van der Waals surface area contributed by atoms with Gasteiger partial charge >= 0.3 is 0 Å². The van der Waals surface area contributed by atoms with Crippen LogP contribution in [-0.4, -0.2) is 49.1 Å². The number of nitrogens with zero attached hydrogens (tertiary/aromatic N) is 1. The van der Waals surface area contributed by atoms with E-state index in [0.29, 0.717) is 30.9 Å². The molecule has 1 amide bonds. The van der Waals surface area contributed by atoms with Gasteiger partial charge in [-0.2, -0.15) is 0 Å². The van der Waals surface area contributed by atoms with Gasteiger partial charge < -0.3 is 24.2 Å². The Morgan fingerprint density at radius 2 is 1.79 bits per heavy atom. The molecule has 7 nitrogen and oxygen atoms in total. The second-order valence-corrected chi connectivity index (χ2v) is 8.07. The Kier molecular flexibility index (Phi) is 7.76. The van der Waals surface area contributed by atoms with Crippen molar-refractivity contribution in [3.8, 4) is 17.2 Å². The maximum Gasteiger partial charge on any atom is 0.295 e. The van der Waals surface area contributed by atoms with E-state index in [2.05, 4.69) is 0 Å². The number of halogens is 2. The van der Waals surface area contributed by atoms with Crippen LogP contribution in [0.5, 0.6) is 17.2 Å². The van der Waals surface area contributed by atoms with Crippen LogP contribution in [0.1, 0.15) is 37.4 Å². The van der Waals surface area contributed by atoms with Gasteiger partial charge in [-0.15, -0.1) is 0 Å². The molecule has 2 aromatic rings. The fourth-order valence-corrected chi connectivity index (χ4v) is 4.62. The van der Waals surface area contributed by atoms with Crippen LogP contribution in [0.4, 0.5) is 0 Å². The third-order valence-corrected chi connectivity index (χ3v) is 5.91. The molecule has 1 heterocycles. The number of hydrogen-bond acceptors (Lipinski definition) is 6. The van der Waals surface area contributed by atoms with Gasteiger partial charge in [0.2, 0.25) is 0 Å². The number of likely N-dealkylation sites (tertiary alicyclic amines) is 1. The number of ether oxygens (including phenoxy) is 3. The van der Waals surface area contributed by atoms with Crippen LogP contribution in [0.25, 0.3) is 5.76 Å². The second-order valence-electron chi connectivity index (χ2n) is 7.28. The summed E-state index contributed by atoms with van der Waals surface area (Å²) in [4.78, 5) is 27.5. The molecule has 0 aliphatic carbocycles. The minimum atomic E-state index is -0.824. The van der Waals surface area contributed by atoms with E-state index in [1.54, 1.807) is 24.3 Å². The molecule has 9 heteroatoms. The number of carbonyl (C=O) groups excluding carboxylic acids is 2. The Morgan fingerprint density at radius 1 is 1.09 bits per heavy atom. The first-order valence-electron chi connectivity index (χ1n) is 10.4. The fraction of sp³-hybridized carbons (Fsp3) is 0.333. The normalized spacial score (nSPS) is 17.4. The van der Waals surface area contributed by atoms with Gasteiger partial charge in [0.1, 0.15) is 16.5 Å². The van der Waals surface area contributed by atoms with Crippen molar-refractivity contribution < 1.29 is 28.9 Å². The van der Waals surface area contributed by atoms with Crippen molar-refractivity contribution in [3.05, 3.63) is 57.1 Å².